The zero-order chi connectivity index (χ0) is 24.9. The highest BCUT2D eigenvalue weighted by molar-refractivity contribution is 6.13. The first-order valence-corrected chi connectivity index (χ1v) is 13.5. The minimum atomic E-state index is -0.391. The van der Waals surface area contributed by atoms with E-state index in [0.29, 0.717) is 12.6 Å². The van der Waals surface area contributed by atoms with E-state index < -0.39 is 6.03 Å². The van der Waals surface area contributed by atoms with Gasteiger partial charge in [-0.15, -0.1) is 0 Å². The van der Waals surface area contributed by atoms with Crippen molar-refractivity contribution in [2.45, 2.75) is 76.4 Å². The maximum absolute atomic E-state index is 13.4. The van der Waals surface area contributed by atoms with E-state index in [1.54, 1.807) is 12.0 Å². The quantitative estimate of drug-likeness (QED) is 0.564. The van der Waals surface area contributed by atoms with Crippen LogP contribution >= 0.6 is 0 Å². The molecule has 0 spiro atoms. The zero-order valence-corrected chi connectivity index (χ0v) is 21.3. The zero-order valence-electron chi connectivity index (χ0n) is 21.3. The number of hydrogen-bond acceptors (Lipinski definition) is 4. The standard InChI is InChI=1S/C29H38N4O3/c1-36-25-15-13-22(14-16-25)21-32-26-11-7-8-12-27(26)33(29(35)30-28(32)34)24-17-19-31(20-18-24)23-9-5-3-2-4-6-10-23/h7-8,11-16,23-24H,2-6,9-10,17-21H2,1H3,(H,30,34,35). The molecule has 4 amide bonds. The summed E-state index contributed by atoms with van der Waals surface area (Å²) in [6.45, 7) is 2.38. The van der Waals surface area contributed by atoms with Crippen LogP contribution in [0.4, 0.5) is 21.0 Å². The molecule has 0 bridgehead atoms. The summed E-state index contributed by atoms with van der Waals surface area (Å²) < 4.78 is 5.26. The first kappa shape index (κ1) is 24.6. The van der Waals surface area contributed by atoms with Gasteiger partial charge in [0.15, 0.2) is 0 Å². The van der Waals surface area contributed by atoms with Gasteiger partial charge in [-0.1, -0.05) is 56.4 Å². The summed E-state index contributed by atoms with van der Waals surface area (Å²) in [5.74, 6) is 0.770. The van der Waals surface area contributed by atoms with Gasteiger partial charge in [0.25, 0.3) is 0 Å². The number of anilines is 2. The molecule has 36 heavy (non-hydrogen) atoms. The molecular weight excluding hydrogens is 452 g/mol. The Morgan fingerprint density at radius 1 is 0.778 bits per heavy atom. The molecule has 3 aliphatic rings. The third-order valence-electron chi connectivity index (χ3n) is 8.06. The summed E-state index contributed by atoms with van der Waals surface area (Å²) >= 11 is 0. The van der Waals surface area contributed by atoms with Gasteiger partial charge in [0.05, 0.1) is 25.0 Å². The first-order chi connectivity index (χ1) is 17.6. The van der Waals surface area contributed by atoms with Crippen molar-refractivity contribution in [2.24, 2.45) is 0 Å². The van der Waals surface area contributed by atoms with Crippen LogP contribution in [0.3, 0.4) is 0 Å². The summed E-state index contributed by atoms with van der Waals surface area (Å²) in [6.07, 6.45) is 11.2. The number of para-hydroxylation sites is 2. The van der Waals surface area contributed by atoms with E-state index in [9.17, 15) is 9.59 Å². The molecule has 0 atom stereocenters. The van der Waals surface area contributed by atoms with Crippen molar-refractivity contribution < 1.29 is 14.3 Å². The summed E-state index contributed by atoms with van der Waals surface area (Å²) in [5.41, 5.74) is 2.53. The van der Waals surface area contributed by atoms with Crippen LogP contribution in [0.2, 0.25) is 0 Å². The number of piperidine rings is 1. The van der Waals surface area contributed by atoms with Gasteiger partial charge in [-0.2, -0.15) is 0 Å². The predicted molar refractivity (Wildman–Crippen MR) is 143 cm³/mol. The number of fused-ring (bicyclic) bond motifs is 1. The number of methoxy groups -OCH3 is 1. The van der Waals surface area contributed by atoms with Gasteiger partial charge in [-0.3, -0.25) is 15.1 Å². The van der Waals surface area contributed by atoms with Crippen LogP contribution in [0.1, 0.15) is 63.4 Å². The highest BCUT2D eigenvalue weighted by Crippen LogP contribution is 2.36. The SMILES string of the molecule is COc1ccc(CN2C(=O)NC(=O)N(C3CCN(C4CCCCCCC4)CC3)c3ccccc32)cc1. The number of urea groups is 2. The van der Waals surface area contributed by atoms with Crippen LogP contribution in [0.25, 0.3) is 0 Å². The van der Waals surface area contributed by atoms with Crippen LogP contribution in [0.15, 0.2) is 48.5 Å². The summed E-state index contributed by atoms with van der Waals surface area (Å²) in [4.78, 5) is 32.7. The Hall–Kier alpha value is -3.06. The summed E-state index contributed by atoms with van der Waals surface area (Å²) in [7, 11) is 1.63. The first-order valence-electron chi connectivity index (χ1n) is 13.5. The van der Waals surface area contributed by atoms with Crippen molar-refractivity contribution >= 4 is 23.4 Å². The maximum atomic E-state index is 13.4. The second-order valence-electron chi connectivity index (χ2n) is 10.3. The molecule has 1 saturated carbocycles. The van der Waals surface area contributed by atoms with Crippen molar-refractivity contribution in [1.29, 1.82) is 0 Å². The van der Waals surface area contributed by atoms with Gasteiger partial charge in [-0.25, -0.2) is 9.59 Å². The molecule has 7 nitrogen and oxygen atoms in total. The molecule has 2 aromatic rings. The lowest BCUT2D eigenvalue weighted by atomic mass is 9.93. The van der Waals surface area contributed by atoms with E-state index in [0.717, 1.165) is 48.6 Å². The second-order valence-corrected chi connectivity index (χ2v) is 10.3. The molecule has 192 valence electrons. The van der Waals surface area contributed by atoms with E-state index in [4.69, 9.17) is 4.74 Å². The van der Waals surface area contributed by atoms with Gasteiger partial charge in [0, 0.05) is 25.2 Å². The lowest BCUT2D eigenvalue weighted by Crippen LogP contribution is -2.53. The van der Waals surface area contributed by atoms with Gasteiger partial charge in [-0.05, 0) is 55.5 Å². The summed E-state index contributed by atoms with van der Waals surface area (Å²) in [5, 5.41) is 2.65. The lowest BCUT2D eigenvalue weighted by Gasteiger charge is -2.41. The van der Waals surface area contributed by atoms with Crippen molar-refractivity contribution in [1.82, 2.24) is 10.2 Å². The smallest absolute Gasteiger partial charge is 0.330 e. The van der Waals surface area contributed by atoms with Crippen LogP contribution in [-0.2, 0) is 6.54 Å². The molecule has 1 aliphatic carbocycles. The largest absolute Gasteiger partial charge is 0.497 e. The van der Waals surface area contributed by atoms with Crippen molar-refractivity contribution in [3.8, 4) is 5.75 Å². The second kappa shape index (κ2) is 11.3. The number of nitrogens with zero attached hydrogens (tertiary/aromatic N) is 3. The third-order valence-corrected chi connectivity index (χ3v) is 8.06. The molecule has 2 aromatic carbocycles. The molecule has 0 radical (unpaired) electrons. The van der Waals surface area contributed by atoms with E-state index >= 15 is 0 Å². The topological polar surface area (TPSA) is 65.1 Å². The Morgan fingerprint density at radius 2 is 1.42 bits per heavy atom. The number of ether oxygens (including phenoxy) is 1. The minimum Gasteiger partial charge on any atom is -0.497 e. The number of carbonyl (C=O) groups is 2. The van der Waals surface area contributed by atoms with E-state index in [1.807, 2.05) is 53.4 Å². The molecule has 2 aliphatic heterocycles. The highest BCUT2D eigenvalue weighted by atomic mass is 16.5. The van der Waals surface area contributed by atoms with Crippen molar-refractivity contribution in [2.75, 3.05) is 30.0 Å². The summed E-state index contributed by atoms with van der Waals surface area (Å²) in [6, 6.07) is 15.5. The molecule has 1 N–H and O–H groups in total. The minimum absolute atomic E-state index is 0.0738. The Bertz CT molecular complexity index is 1040. The molecule has 0 aromatic heterocycles. The number of nitrogens with one attached hydrogen (secondary N) is 1. The Kier molecular flexibility index (Phi) is 7.75. The van der Waals surface area contributed by atoms with E-state index in [2.05, 4.69) is 10.2 Å². The third kappa shape index (κ3) is 5.36. The van der Waals surface area contributed by atoms with Crippen molar-refractivity contribution in [3.63, 3.8) is 0 Å². The Balaban J connectivity index is 1.34. The number of rotatable bonds is 5. The van der Waals surface area contributed by atoms with E-state index in [-0.39, 0.29) is 12.1 Å². The fourth-order valence-corrected chi connectivity index (χ4v) is 6.08. The normalized spacial score (nSPS) is 20.8. The van der Waals surface area contributed by atoms with Crippen LogP contribution in [-0.4, -0.2) is 49.2 Å². The van der Waals surface area contributed by atoms with Gasteiger partial charge in [0.1, 0.15) is 5.75 Å². The van der Waals surface area contributed by atoms with Gasteiger partial charge in [0.2, 0.25) is 0 Å². The van der Waals surface area contributed by atoms with Crippen molar-refractivity contribution in [3.05, 3.63) is 54.1 Å². The van der Waals surface area contributed by atoms with Gasteiger partial charge < -0.3 is 9.64 Å². The molecular formula is C29H38N4O3. The fraction of sp³-hybridized carbons (Fsp3) is 0.517. The molecule has 2 fully saturated rings. The maximum Gasteiger partial charge on any atom is 0.330 e. The molecule has 7 heteroatoms. The number of likely N-dealkylation sites (tertiary alicyclic amines) is 1. The number of benzene rings is 2. The number of hydrogen-bond donors (Lipinski definition) is 1. The molecule has 2 heterocycles. The van der Waals surface area contributed by atoms with Gasteiger partial charge >= 0.3 is 12.1 Å². The number of imide groups is 1. The predicted octanol–water partition coefficient (Wildman–Crippen LogP) is 5.93. The lowest BCUT2D eigenvalue weighted by molar-refractivity contribution is 0.129. The van der Waals surface area contributed by atoms with E-state index in [1.165, 1.54) is 44.9 Å². The van der Waals surface area contributed by atoms with Crippen LogP contribution in [0, 0.1) is 0 Å². The Labute approximate surface area is 214 Å². The molecule has 5 rings (SSSR count). The molecule has 1 saturated heterocycles. The van der Waals surface area contributed by atoms with Crippen LogP contribution < -0.4 is 19.9 Å². The average molecular weight is 491 g/mol. The fourth-order valence-electron chi connectivity index (χ4n) is 6.08. The highest BCUT2D eigenvalue weighted by Gasteiger charge is 2.37. The number of amides is 4. The average Bonchev–Trinajstić information content (AvgIpc) is 2.98. The molecule has 0 unspecified atom stereocenters. The van der Waals surface area contributed by atoms with Crippen LogP contribution in [0.5, 0.6) is 5.75 Å². The monoisotopic (exact) mass is 490 g/mol. The Morgan fingerprint density at radius 3 is 2.08 bits per heavy atom. The number of carbonyl (C=O) groups excluding carboxylic acids is 2.